The van der Waals surface area contributed by atoms with Crippen LogP contribution in [0.4, 0.5) is 5.82 Å². The number of hydrogen-bond acceptors (Lipinski definition) is 7. The van der Waals surface area contributed by atoms with Gasteiger partial charge in [-0.15, -0.1) is 0 Å². The molecule has 8 nitrogen and oxygen atoms in total. The number of nitrogens with zero attached hydrogens (tertiary/aromatic N) is 2. The molecule has 21 heavy (non-hydrogen) atoms. The number of rotatable bonds is 7. The van der Waals surface area contributed by atoms with Crippen molar-refractivity contribution in [2.24, 2.45) is 0 Å². The van der Waals surface area contributed by atoms with Crippen molar-refractivity contribution in [3.63, 3.8) is 0 Å². The van der Waals surface area contributed by atoms with Gasteiger partial charge in [0.15, 0.2) is 0 Å². The van der Waals surface area contributed by atoms with Gasteiger partial charge in [-0.05, 0) is 28.0 Å². The summed E-state index contributed by atoms with van der Waals surface area (Å²) in [7, 11) is 1.63. The molecule has 0 aliphatic heterocycles. The summed E-state index contributed by atoms with van der Waals surface area (Å²) < 4.78 is 9.45. The molecule has 1 heterocycles. The summed E-state index contributed by atoms with van der Waals surface area (Å²) >= 11 is 0. The maximum atomic E-state index is 11.6. The Hall–Kier alpha value is -2.61. The Morgan fingerprint density at radius 2 is 2.05 bits per heavy atom. The first-order valence-electron chi connectivity index (χ1n) is 6.40. The molecule has 0 unspecified atom stereocenters. The van der Waals surface area contributed by atoms with Crippen molar-refractivity contribution in [1.82, 2.24) is 20.9 Å². The van der Waals surface area contributed by atoms with Gasteiger partial charge >= 0.3 is 0 Å². The summed E-state index contributed by atoms with van der Waals surface area (Å²) in [5, 5.41) is 12.6. The Kier molecular flexibility index (Phi) is 5.10. The summed E-state index contributed by atoms with van der Waals surface area (Å²) in [6.07, 6.45) is 0. The Morgan fingerprint density at radius 1 is 1.29 bits per heavy atom. The van der Waals surface area contributed by atoms with E-state index in [2.05, 4.69) is 25.6 Å². The molecule has 2 aromatic rings. The van der Waals surface area contributed by atoms with E-state index in [4.69, 9.17) is 10.5 Å². The average Bonchev–Trinajstić information content (AvgIpc) is 2.93. The van der Waals surface area contributed by atoms with Crippen molar-refractivity contribution < 1.29 is 14.2 Å². The second-order valence-corrected chi connectivity index (χ2v) is 4.28. The molecule has 1 aromatic heterocycles. The third-order valence-corrected chi connectivity index (χ3v) is 2.80. The van der Waals surface area contributed by atoms with Crippen LogP contribution in [-0.4, -0.2) is 36.4 Å². The van der Waals surface area contributed by atoms with Gasteiger partial charge in [-0.2, -0.15) is 0 Å². The van der Waals surface area contributed by atoms with E-state index in [0.29, 0.717) is 19.6 Å². The number of amides is 1. The van der Waals surface area contributed by atoms with E-state index in [1.807, 2.05) is 24.3 Å². The van der Waals surface area contributed by atoms with Crippen LogP contribution >= 0.6 is 0 Å². The van der Waals surface area contributed by atoms with E-state index < -0.39 is 5.91 Å². The fraction of sp³-hybridized carbons (Fsp3) is 0.308. The number of aromatic nitrogens is 2. The SMILES string of the molecule is COc1ccc(CNCCNC(=O)c2nonc2N)cc1. The normalized spacial score (nSPS) is 10.3. The van der Waals surface area contributed by atoms with Gasteiger partial charge in [-0.3, -0.25) is 4.79 Å². The van der Waals surface area contributed by atoms with Crippen molar-refractivity contribution in [2.75, 3.05) is 25.9 Å². The molecule has 0 aliphatic carbocycles. The van der Waals surface area contributed by atoms with Crippen LogP contribution in [0, 0.1) is 0 Å². The smallest absolute Gasteiger partial charge is 0.277 e. The molecule has 1 amide bonds. The van der Waals surface area contributed by atoms with Crippen LogP contribution in [0.5, 0.6) is 5.75 Å². The van der Waals surface area contributed by atoms with Gasteiger partial charge < -0.3 is 21.1 Å². The van der Waals surface area contributed by atoms with Crippen LogP contribution in [0.25, 0.3) is 0 Å². The Balaban J connectivity index is 1.65. The monoisotopic (exact) mass is 291 g/mol. The lowest BCUT2D eigenvalue weighted by Crippen LogP contribution is -2.32. The number of hydrogen-bond donors (Lipinski definition) is 3. The van der Waals surface area contributed by atoms with Gasteiger partial charge in [0.05, 0.1) is 7.11 Å². The average molecular weight is 291 g/mol. The number of carbonyl (C=O) groups excluding carboxylic acids is 1. The molecule has 0 spiro atoms. The molecule has 0 atom stereocenters. The quantitative estimate of drug-likeness (QED) is 0.623. The van der Waals surface area contributed by atoms with Gasteiger partial charge in [0.2, 0.25) is 11.5 Å². The number of benzene rings is 1. The molecular formula is C13H17N5O3. The van der Waals surface area contributed by atoms with Gasteiger partial charge in [0, 0.05) is 19.6 Å². The molecular weight excluding hydrogens is 274 g/mol. The van der Waals surface area contributed by atoms with Crippen LogP contribution in [0.15, 0.2) is 28.9 Å². The maximum absolute atomic E-state index is 11.6. The molecule has 2 rings (SSSR count). The number of anilines is 1. The molecule has 0 saturated carbocycles. The molecule has 8 heteroatoms. The highest BCUT2D eigenvalue weighted by molar-refractivity contribution is 5.95. The van der Waals surface area contributed by atoms with E-state index in [9.17, 15) is 4.79 Å². The van der Waals surface area contributed by atoms with Crippen molar-refractivity contribution in [2.45, 2.75) is 6.54 Å². The fourth-order valence-electron chi connectivity index (χ4n) is 1.68. The second-order valence-electron chi connectivity index (χ2n) is 4.28. The van der Waals surface area contributed by atoms with E-state index >= 15 is 0 Å². The number of ether oxygens (including phenoxy) is 1. The molecule has 0 saturated heterocycles. The molecule has 0 fully saturated rings. The third-order valence-electron chi connectivity index (χ3n) is 2.80. The highest BCUT2D eigenvalue weighted by atomic mass is 16.6. The third kappa shape index (κ3) is 4.18. The number of nitrogens with one attached hydrogen (secondary N) is 2. The van der Waals surface area contributed by atoms with Crippen LogP contribution in [0.2, 0.25) is 0 Å². The minimum absolute atomic E-state index is 0.00477. The largest absolute Gasteiger partial charge is 0.497 e. The van der Waals surface area contributed by atoms with Crippen molar-refractivity contribution in [3.05, 3.63) is 35.5 Å². The lowest BCUT2D eigenvalue weighted by molar-refractivity contribution is 0.0944. The molecule has 0 radical (unpaired) electrons. The van der Waals surface area contributed by atoms with Crippen molar-refractivity contribution in [3.8, 4) is 5.75 Å². The molecule has 4 N–H and O–H groups in total. The predicted octanol–water partition coefficient (Wildman–Crippen LogP) is 0.180. The first-order valence-corrected chi connectivity index (χ1v) is 6.40. The fourth-order valence-corrected chi connectivity index (χ4v) is 1.68. The van der Waals surface area contributed by atoms with E-state index in [-0.39, 0.29) is 11.5 Å². The van der Waals surface area contributed by atoms with E-state index in [1.165, 1.54) is 0 Å². The van der Waals surface area contributed by atoms with Crippen molar-refractivity contribution >= 4 is 11.7 Å². The standard InChI is InChI=1S/C13H17N5O3/c1-20-10-4-2-9(3-5-10)8-15-6-7-16-13(19)11-12(14)18-21-17-11/h2-5,15H,6-8H2,1H3,(H2,14,18)(H,16,19). The van der Waals surface area contributed by atoms with Crippen LogP contribution in [-0.2, 0) is 6.54 Å². The summed E-state index contributed by atoms with van der Waals surface area (Å²) in [4.78, 5) is 11.6. The lowest BCUT2D eigenvalue weighted by Gasteiger charge is -2.06. The highest BCUT2D eigenvalue weighted by Crippen LogP contribution is 2.10. The second kappa shape index (κ2) is 7.25. The zero-order valence-electron chi connectivity index (χ0n) is 11.6. The number of carbonyl (C=O) groups is 1. The summed E-state index contributed by atoms with van der Waals surface area (Å²) in [5.41, 5.74) is 6.55. The number of nitrogens with two attached hydrogens (primary N) is 1. The van der Waals surface area contributed by atoms with Crippen LogP contribution in [0.1, 0.15) is 16.1 Å². The van der Waals surface area contributed by atoms with E-state index in [1.54, 1.807) is 7.11 Å². The Morgan fingerprint density at radius 3 is 2.67 bits per heavy atom. The number of nitrogen functional groups attached to an aromatic ring is 1. The summed E-state index contributed by atoms with van der Waals surface area (Å²) in [5.74, 6) is 0.406. The highest BCUT2D eigenvalue weighted by Gasteiger charge is 2.14. The van der Waals surface area contributed by atoms with E-state index in [0.717, 1.165) is 11.3 Å². The minimum Gasteiger partial charge on any atom is -0.497 e. The number of methoxy groups -OCH3 is 1. The topological polar surface area (TPSA) is 115 Å². The molecule has 0 aliphatic rings. The molecule has 1 aromatic carbocycles. The Labute approximate surface area is 121 Å². The molecule has 112 valence electrons. The summed E-state index contributed by atoms with van der Waals surface area (Å²) in [6.45, 7) is 1.76. The zero-order chi connectivity index (χ0) is 15.1. The van der Waals surface area contributed by atoms with Crippen LogP contribution in [0.3, 0.4) is 0 Å². The summed E-state index contributed by atoms with van der Waals surface area (Å²) in [6, 6.07) is 7.76. The first kappa shape index (κ1) is 14.8. The van der Waals surface area contributed by atoms with Crippen LogP contribution < -0.4 is 21.1 Å². The lowest BCUT2D eigenvalue weighted by atomic mass is 10.2. The predicted molar refractivity (Wildman–Crippen MR) is 75.7 cm³/mol. The maximum Gasteiger partial charge on any atom is 0.277 e. The Bertz CT molecular complexity index is 582. The first-order chi connectivity index (χ1) is 10.2. The van der Waals surface area contributed by atoms with Gasteiger partial charge in [0.1, 0.15) is 5.75 Å². The van der Waals surface area contributed by atoms with Gasteiger partial charge in [-0.1, -0.05) is 12.1 Å². The van der Waals surface area contributed by atoms with Crippen molar-refractivity contribution in [1.29, 1.82) is 0 Å². The molecule has 0 bridgehead atoms. The minimum atomic E-state index is -0.403. The van der Waals surface area contributed by atoms with Gasteiger partial charge in [-0.25, -0.2) is 4.63 Å². The van der Waals surface area contributed by atoms with Gasteiger partial charge in [0.25, 0.3) is 5.91 Å². The zero-order valence-corrected chi connectivity index (χ0v) is 11.6.